The van der Waals surface area contributed by atoms with Gasteiger partial charge in [-0.05, 0) is 29.8 Å². The molecule has 2 aliphatic rings. The molecule has 6 heteroatoms. The lowest BCUT2D eigenvalue weighted by Gasteiger charge is -2.20. The summed E-state index contributed by atoms with van der Waals surface area (Å²) in [5.41, 5.74) is 2.04. The second-order valence-corrected chi connectivity index (χ2v) is 7.14. The van der Waals surface area contributed by atoms with Gasteiger partial charge in [-0.15, -0.1) is 0 Å². The summed E-state index contributed by atoms with van der Waals surface area (Å²) in [5.74, 6) is -2.07. The molecule has 6 nitrogen and oxygen atoms in total. The molecule has 3 aromatic carbocycles. The van der Waals surface area contributed by atoms with Gasteiger partial charge in [0.2, 0.25) is 5.91 Å². The van der Waals surface area contributed by atoms with Crippen LogP contribution in [0.15, 0.2) is 96.1 Å². The van der Waals surface area contributed by atoms with Gasteiger partial charge in [-0.3, -0.25) is 14.4 Å². The van der Waals surface area contributed by atoms with E-state index in [-0.39, 0.29) is 5.91 Å². The fourth-order valence-corrected chi connectivity index (χ4v) is 3.97. The Bertz CT molecular complexity index is 1160. The van der Waals surface area contributed by atoms with Crippen LogP contribution in [-0.2, 0) is 9.59 Å². The van der Waals surface area contributed by atoms with Gasteiger partial charge in [0.15, 0.2) is 6.04 Å². The summed E-state index contributed by atoms with van der Waals surface area (Å²) >= 11 is 0. The summed E-state index contributed by atoms with van der Waals surface area (Å²) in [4.78, 5) is 41.1. The highest BCUT2D eigenvalue weighted by Crippen LogP contribution is 2.37. The van der Waals surface area contributed by atoms with Crippen LogP contribution in [0.25, 0.3) is 0 Å². The average molecular weight is 395 g/mol. The molecule has 2 heterocycles. The molecule has 30 heavy (non-hydrogen) atoms. The monoisotopic (exact) mass is 395 g/mol. The largest absolute Gasteiger partial charge is 0.274 e. The van der Waals surface area contributed by atoms with E-state index < -0.39 is 23.8 Å². The first-order chi connectivity index (χ1) is 14.7. The van der Waals surface area contributed by atoms with Crippen LogP contribution in [0.2, 0.25) is 0 Å². The molecule has 1 fully saturated rings. The van der Waals surface area contributed by atoms with E-state index in [4.69, 9.17) is 0 Å². The van der Waals surface area contributed by atoms with Crippen molar-refractivity contribution < 1.29 is 14.4 Å². The predicted octanol–water partition coefficient (Wildman–Crippen LogP) is 3.10. The third-order valence-electron chi connectivity index (χ3n) is 5.36. The van der Waals surface area contributed by atoms with Gasteiger partial charge < -0.3 is 0 Å². The Morgan fingerprint density at radius 3 is 1.93 bits per heavy atom. The molecule has 0 aliphatic carbocycles. The summed E-state index contributed by atoms with van der Waals surface area (Å²) in [6, 6.07) is 25.6. The Labute approximate surface area is 173 Å². The Kier molecular flexibility index (Phi) is 4.25. The topological polar surface area (TPSA) is 70.0 Å². The van der Waals surface area contributed by atoms with E-state index in [2.05, 4.69) is 5.10 Å². The zero-order valence-electron chi connectivity index (χ0n) is 15.9. The minimum atomic E-state index is -0.999. The molecule has 0 bridgehead atoms. The van der Waals surface area contributed by atoms with Gasteiger partial charge in [0.1, 0.15) is 5.92 Å². The third kappa shape index (κ3) is 2.73. The number of fused-ring (bicyclic) bond motifs is 1. The maximum Gasteiger partial charge on any atom is 0.274 e. The standard InChI is InChI=1S/C24H17N3O3/c28-22(17-12-6-2-7-13-17)27-21-19(20(25-27)16-10-4-1-5-11-16)23(29)26(24(21)30)18-14-8-3-9-15-18/h1-15,19,21H/t19-,21+/m0/s1. The van der Waals surface area contributed by atoms with E-state index in [1.807, 2.05) is 42.5 Å². The number of anilines is 1. The van der Waals surface area contributed by atoms with E-state index in [0.717, 1.165) is 4.90 Å². The van der Waals surface area contributed by atoms with Crippen LogP contribution in [0.3, 0.4) is 0 Å². The highest BCUT2D eigenvalue weighted by molar-refractivity contribution is 6.33. The molecule has 5 rings (SSSR count). The Balaban J connectivity index is 1.62. The zero-order chi connectivity index (χ0) is 20.7. The molecule has 146 valence electrons. The molecule has 0 radical (unpaired) electrons. The van der Waals surface area contributed by atoms with Gasteiger partial charge in [-0.1, -0.05) is 66.7 Å². The fourth-order valence-electron chi connectivity index (χ4n) is 3.97. The van der Waals surface area contributed by atoms with Crippen LogP contribution in [0.4, 0.5) is 5.69 Å². The van der Waals surface area contributed by atoms with Crippen LogP contribution in [0.5, 0.6) is 0 Å². The fraction of sp³-hybridized carbons (Fsp3) is 0.0833. The number of hydrazone groups is 1. The maximum atomic E-state index is 13.4. The van der Waals surface area contributed by atoms with Crippen molar-refractivity contribution in [1.29, 1.82) is 0 Å². The quantitative estimate of drug-likeness (QED) is 0.640. The minimum absolute atomic E-state index is 0.373. The smallest absolute Gasteiger partial charge is 0.273 e. The van der Waals surface area contributed by atoms with Crippen molar-refractivity contribution in [2.45, 2.75) is 6.04 Å². The second kappa shape index (κ2) is 7.08. The van der Waals surface area contributed by atoms with Crippen molar-refractivity contribution in [1.82, 2.24) is 5.01 Å². The summed E-state index contributed by atoms with van der Waals surface area (Å²) in [6.07, 6.45) is 0. The SMILES string of the molecule is O=C1[C@H]2C(c3ccccc3)=NN(C(=O)c3ccccc3)[C@H]2C(=O)N1c1ccccc1. The number of carbonyl (C=O) groups excluding carboxylic acids is 3. The van der Waals surface area contributed by atoms with Crippen LogP contribution in [0, 0.1) is 5.92 Å². The molecule has 3 amide bonds. The number of benzene rings is 3. The molecular formula is C24H17N3O3. The van der Waals surface area contributed by atoms with Crippen LogP contribution < -0.4 is 4.90 Å². The number of imide groups is 1. The lowest BCUT2D eigenvalue weighted by Crippen LogP contribution is -2.42. The molecule has 0 saturated carbocycles. The van der Waals surface area contributed by atoms with Crippen molar-refractivity contribution in [3.8, 4) is 0 Å². The zero-order valence-corrected chi connectivity index (χ0v) is 15.9. The highest BCUT2D eigenvalue weighted by Gasteiger charge is 2.58. The first-order valence-electron chi connectivity index (χ1n) is 9.62. The Hall–Kier alpha value is -4.06. The van der Waals surface area contributed by atoms with Crippen LogP contribution in [-0.4, -0.2) is 34.5 Å². The Morgan fingerprint density at radius 2 is 1.30 bits per heavy atom. The number of carbonyl (C=O) groups is 3. The van der Waals surface area contributed by atoms with Gasteiger partial charge in [0.25, 0.3) is 11.8 Å². The maximum absolute atomic E-state index is 13.4. The first kappa shape index (κ1) is 18.0. The summed E-state index contributed by atoms with van der Waals surface area (Å²) in [7, 11) is 0. The van der Waals surface area contributed by atoms with Crippen molar-refractivity contribution in [2.75, 3.05) is 4.90 Å². The lowest BCUT2D eigenvalue weighted by molar-refractivity contribution is -0.122. The van der Waals surface area contributed by atoms with Gasteiger partial charge in [-0.25, -0.2) is 9.91 Å². The number of rotatable bonds is 3. The molecule has 2 atom stereocenters. The lowest BCUT2D eigenvalue weighted by atomic mass is 9.93. The van der Waals surface area contributed by atoms with E-state index in [9.17, 15) is 14.4 Å². The van der Waals surface area contributed by atoms with Crippen molar-refractivity contribution in [3.63, 3.8) is 0 Å². The minimum Gasteiger partial charge on any atom is -0.273 e. The van der Waals surface area contributed by atoms with E-state index in [1.54, 1.807) is 48.5 Å². The van der Waals surface area contributed by atoms with E-state index in [0.29, 0.717) is 22.5 Å². The van der Waals surface area contributed by atoms with E-state index >= 15 is 0 Å². The molecule has 0 N–H and O–H groups in total. The predicted molar refractivity (Wildman–Crippen MR) is 112 cm³/mol. The van der Waals surface area contributed by atoms with Gasteiger partial charge in [-0.2, -0.15) is 5.10 Å². The molecular weight excluding hydrogens is 378 g/mol. The summed E-state index contributed by atoms with van der Waals surface area (Å²) < 4.78 is 0. The molecule has 2 aliphatic heterocycles. The summed E-state index contributed by atoms with van der Waals surface area (Å²) in [6.45, 7) is 0. The molecule has 0 unspecified atom stereocenters. The Morgan fingerprint density at radius 1 is 0.733 bits per heavy atom. The number of hydrogen-bond acceptors (Lipinski definition) is 4. The van der Waals surface area contributed by atoms with E-state index in [1.165, 1.54) is 5.01 Å². The number of hydrogen-bond donors (Lipinski definition) is 0. The van der Waals surface area contributed by atoms with Gasteiger partial charge in [0.05, 0.1) is 11.4 Å². The van der Waals surface area contributed by atoms with Crippen molar-refractivity contribution in [3.05, 3.63) is 102 Å². The van der Waals surface area contributed by atoms with Crippen LogP contribution >= 0.6 is 0 Å². The molecule has 1 saturated heterocycles. The number of nitrogens with zero attached hydrogens (tertiary/aromatic N) is 3. The second-order valence-electron chi connectivity index (χ2n) is 7.14. The van der Waals surface area contributed by atoms with Crippen molar-refractivity contribution >= 4 is 29.1 Å². The van der Waals surface area contributed by atoms with Crippen LogP contribution in [0.1, 0.15) is 15.9 Å². The van der Waals surface area contributed by atoms with Crippen molar-refractivity contribution in [2.24, 2.45) is 11.0 Å². The highest BCUT2D eigenvalue weighted by atomic mass is 16.2. The summed E-state index contributed by atoms with van der Waals surface area (Å²) in [5, 5.41) is 5.65. The number of para-hydroxylation sites is 1. The number of amides is 3. The third-order valence-corrected chi connectivity index (χ3v) is 5.36. The molecule has 0 spiro atoms. The molecule has 3 aromatic rings. The first-order valence-corrected chi connectivity index (χ1v) is 9.62. The normalized spacial score (nSPS) is 20.3. The molecule has 0 aromatic heterocycles. The van der Waals surface area contributed by atoms with Gasteiger partial charge >= 0.3 is 0 Å². The van der Waals surface area contributed by atoms with Gasteiger partial charge in [0, 0.05) is 5.56 Å². The average Bonchev–Trinajstić information content (AvgIpc) is 3.32.